The molecular weight excluding hydrogens is 428 g/mol. The first-order valence-electron chi connectivity index (χ1n) is 12.7. The zero-order valence-corrected chi connectivity index (χ0v) is 20.9. The highest BCUT2D eigenvalue weighted by atomic mass is 16.5. The number of hydrogen-bond acceptors (Lipinski definition) is 5. The van der Waals surface area contributed by atoms with Gasteiger partial charge in [0.05, 0.1) is 7.11 Å². The zero-order valence-electron chi connectivity index (χ0n) is 20.9. The zero-order chi connectivity index (χ0) is 24.1. The Morgan fingerprint density at radius 3 is 2.38 bits per heavy atom. The van der Waals surface area contributed by atoms with Crippen molar-refractivity contribution >= 4 is 11.6 Å². The minimum atomic E-state index is -0.149. The Kier molecular flexibility index (Phi) is 7.93. The average Bonchev–Trinajstić information content (AvgIpc) is 2.88. The highest BCUT2D eigenvalue weighted by Gasteiger charge is 2.27. The third-order valence-electron chi connectivity index (χ3n) is 7.25. The van der Waals surface area contributed by atoms with Gasteiger partial charge in [-0.15, -0.1) is 0 Å². The number of benzene rings is 1. The maximum Gasteiger partial charge on any atom is 0.259 e. The van der Waals surface area contributed by atoms with Crippen molar-refractivity contribution < 1.29 is 9.53 Å². The summed E-state index contributed by atoms with van der Waals surface area (Å²) in [5, 5.41) is 0. The monoisotopic (exact) mass is 466 g/mol. The van der Waals surface area contributed by atoms with E-state index >= 15 is 0 Å². The molecule has 3 heterocycles. The number of aryl methyl sites for hydroxylation is 1. The third kappa shape index (κ3) is 5.30. The van der Waals surface area contributed by atoms with Gasteiger partial charge in [0.15, 0.2) is 5.43 Å². The lowest BCUT2D eigenvalue weighted by Crippen LogP contribution is -2.50. The summed E-state index contributed by atoms with van der Waals surface area (Å²) >= 11 is 0. The molecule has 0 N–H and O–H groups in total. The second kappa shape index (κ2) is 11.1. The fourth-order valence-electron chi connectivity index (χ4n) is 5.30. The van der Waals surface area contributed by atoms with Crippen molar-refractivity contribution in [3.05, 3.63) is 57.5 Å². The van der Waals surface area contributed by atoms with Crippen LogP contribution < -0.4 is 15.1 Å². The van der Waals surface area contributed by atoms with Crippen LogP contribution >= 0.6 is 0 Å². The number of piperazine rings is 1. The molecule has 0 radical (unpaired) electrons. The maximum absolute atomic E-state index is 13.6. The van der Waals surface area contributed by atoms with Gasteiger partial charge in [0, 0.05) is 68.5 Å². The van der Waals surface area contributed by atoms with Crippen LogP contribution in [0.25, 0.3) is 0 Å². The summed E-state index contributed by atoms with van der Waals surface area (Å²) < 4.78 is 7.55. The molecule has 4 rings (SSSR count). The molecule has 2 saturated heterocycles. The second-order valence-corrected chi connectivity index (χ2v) is 9.36. The summed E-state index contributed by atoms with van der Waals surface area (Å²) in [6.45, 7) is 10.8. The third-order valence-corrected chi connectivity index (χ3v) is 7.25. The predicted molar refractivity (Wildman–Crippen MR) is 136 cm³/mol. The molecule has 0 saturated carbocycles. The number of rotatable bonds is 7. The lowest BCUT2D eigenvalue weighted by atomic mass is 10.1. The molecule has 2 aromatic rings. The molecule has 0 atom stereocenters. The Balaban J connectivity index is 1.49. The smallest absolute Gasteiger partial charge is 0.259 e. The van der Waals surface area contributed by atoms with E-state index in [4.69, 9.17) is 4.74 Å². The fraction of sp³-hybridized carbons (Fsp3) is 0.556. The molecule has 2 aliphatic rings. The van der Waals surface area contributed by atoms with Crippen molar-refractivity contribution in [3.63, 3.8) is 0 Å². The summed E-state index contributed by atoms with van der Waals surface area (Å²) in [4.78, 5) is 33.2. The molecule has 7 nitrogen and oxygen atoms in total. The number of amides is 1. The van der Waals surface area contributed by atoms with Crippen molar-refractivity contribution in [1.82, 2.24) is 14.4 Å². The molecule has 1 amide bonds. The lowest BCUT2D eigenvalue weighted by Gasteiger charge is -2.36. The normalized spacial score (nSPS) is 17.1. The van der Waals surface area contributed by atoms with Crippen LogP contribution in [0.5, 0.6) is 5.75 Å². The molecular formula is C27H38N4O3. The number of carbonyl (C=O) groups excluding carboxylic acids is 1. The fourth-order valence-corrected chi connectivity index (χ4v) is 5.30. The van der Waals surface area contributed by atoms with Gasteiger partial charge in [0.25, 0.3) is 5.91 Å². The van der Waals surface area contributed by atoms with Crippen LogP contribution in [0.2, 0.25) is 0 Å². The van der Waals surface area contributed by atoms with Gasteiger partial charge in [-0.1, -0.05) is 19.4 Å². The van der Waals surface area contributed by atoms with E-state index in [-0.39, 0.29) is 11.3 Å². The standard InChI is InChI=1S/C27H38N4O3/c1-4-24-26(25(32)19-21(2)31(24)18-13-28-11-6-5-7-12-28)27(33)30-16-14-29(15-17-30)22-9-8-10-23(20-22)34-3/h8-10,19-20H,4-7,11-18H2,1-3H3. The number of piperidine rings is 1. The molecule has 0 bridgehead atoms. The minimum Gasteiger partial charge on any atom is -0.497 e. The number of aromatic nitrogens is 1. The largest absolute Gasteiger partial charge is 0.497 e. The van der Waals surface area contributed by atoms with E-state index < -0.39 is 0 Å². The Morgan fingerprint density at radius 1 is 0.971 bits per heavy atom. The van der Waals surface area contributed by atoms with Gasteiger partial charge < -0.3 is 24.0 Å². The van der Waals surface area contributed by atoms with Crippen molar-refractivity contribution in [3.8, 4) is 5.75 Å². The molecule has 0 unspecified atom stereocenters. The number of methoxy groups -OCH3 is 1. The van der Waals surface area contributed by atoms with Crippen LogP contribution in [0.3, 0.4) is 0 Å². The predicted octanol–water partition coefficient (Wildman–Crippen LogP) is 3.18. The van der Waals surface area contributed by atoms with Crippen LogP contribution in [-0.4, -0.2) is 73.2 Å². The number of carbonyl (C=O) groups is 1. The summed E-state index contributed by atoms with van der Waals surface area (Å²) in [6.07, 6.45) is 4.50. The van der Waals surface area contributed by atoms with E-state index in [9.17, 15) is 9.59 Å². The number of nitrogens with zero attached hydrogens (tertiary/aromatic N) is 4. The summed E-state index contributed by atoms with van der Waals surface area (Å²) in [5.41, 5.74) is 3.13. The number of hydrogen-bond donors (Lipinski definition) is 0. The first-order valence-corrected chi connectivity index (χ1v) is 12.7. The Labute approximate surface area is 202 Å². The van der Waals surface area contributed by atoms with Crippen LogP contribution in [-0.2, 0) is 13.0 Å². The number of ether oxygens (including phenoxy) is 1. The van der Waals surface area contributed by atoms with Crippen molar-refractivity contribution in [1.29, 1.82) is 0 Å². The maximum atomic E-state index is 13.6. The Bertz CT molecular complexity index is 1050. The molecule has 184 valence electrons. The van der Waals surface area contributed by atoms with E-state index in [1.54, 1.807) is 13.2 Å². The molecule has 2 aliphatic heterocycles. The molecule has 7 heteroatoms. The van der Waals surface area contributed by atoms with Gasteiger partial charge in [-0.25, -0.2) is 0 Å². The molecule has 34 heavy (non-hydrogen) atoms. The molecule has 1 aromatic heterocycles. The van der Waals surface area contributed by atoms with E-state index in [1.165, 1.54) is 19.3 Å². The quantitative estimate of drug-likeness (QED) is 0.627. The van der Waals surface area contributed by atoms with Crippen molar-refractivity contribution in [2.45, 2.75) is 46.1 Å². The van der Waals surface area contributed by atoms with Crippen molar-refractivity contribution in [2.24, 2.45) is 0 Å². The summed E-state index contributed by atoms with van der Waals surface area (Å²) in [6, 6.07) is 9.65. The van der Waals surface area contributed by atoms with Gasteiger partial charge >= 0.3 is 0 Å². The Morgan fingerprint density at radius 2 is 1.71 bits per heavy atom. The molecule has 1 aromatic carbocycles. The number of likely N-dealkylation sites (tertiary alicyclic amines) is 1. The van der Waals surface area contributed by atoms with Crippen LogP contribution in [0.4, 0.5) is 5.69 Å². The minimum absolute atomic E-state index is 0.126. The number of anilines is 1. The molecule has 2 fully saturated rings. The van der Waals surface area contributed by atoms with E-state index in [0.29, 0.717) is 25.1 Å². The van der Waals surface area contributed by atoms with Gasteiger partial charge in [-0.3, -0.25) is 9.59 Å². The van der Waals surface area contributed by atoms with Crippen LogP contribution in [0.1, 0.15) is 47.9 Å². The Hall–Kier alpha value is -2.80. The lowest BCUT2D eigenvalue weighted by molar-refractivity contribution is 0.0743. The summed E-state index contributed by atoms with van der Waals surface area (Å²) in [5.74, 6) is 0.701. The van der Waals surface area contributed by atoms with E-state index in [1.807, 2.05) is 36.9 Å². The summed E-state index contributed by atoms with van der Waals surface area (Å²) in [7, 11) is 1.67. The SMILES string of the molecule is CCc1c(C(=O)N2CCN(c3cccc(OC)c3)CC2)c(=O)cc(C)n1CCN1CCCCC1. The van der Waals surface area contributed by atoms with Gasteiger partial charge in [-0.05, 0) is 51.4 Å². The van der Waals surface area contributed by atoms with Gasteiger partial charge in [-0.2, -0.15) is 0 Å². The van der Waals surface area contributed by atoms with Gasteiger partial charge in [0.2, 0.25) is 0 Å². The van der Waals surface area contributed by atoms with Gasteiger partial charge in [0.1, 0.15) is 11.3 Å². The van der Waals surface area contributed by atoms with E-state index in [0.717, 1.165) is 62.1 Å². The molecule has 0 aliphatic carbocycles. The van der Waals surface area contributed by atoms with E-state index in [2.05, 4.69) is 20.4 Å². The highest BCUT2D eigenvalue weighted by Crippen LogP contribution is 2.23. The first-order chi connectivity index (χ1) is 16.5. The topological polar surface area (TPSA) is 58.0 Å². The second-order valence-electron chi connectivity index (χ2n) is 9.36. The average molecular weight is 467 g/mol. The first kappa shape index (κ1) is 24.3. The molecule has 0 spiro atoms. The van der Waals surface area contributed by atoms with Crippen molar-refractivity contribution in [2.75, 3.05) is 57.8 Å². The van der Waals surface area contributed by atoms with Crippen LogP contribution in [0, 0.1) is 6.92 Å². The van der Waals surface area contributed by atoms with Crippen LogP contribution in [0.15, 0.2) is 35.1 Å². The number of pyridine rings is 1. The highest BCUT2D eigenvalue weighted by molar-refractivity contribution is 5.95.